The number of aryl methyl sites for hydroxylation is 2. The number of aliphatic imine (C=N–C) groups is 1. The van der Waals surface area contributed by atoms with Crippen LogP contribution in [-0.4, -0.2) is 11.2 Å². The highest BCUT2D eigenvalue weighted by Crippen LogP contribution is 2.40. The fourth-order valence-electron chi connectivity index (χ4n) is 2.61. The number of aromatic nitrogens is 1. The van der Waals surface area contributed by atoms with Gasteiger partial charge in [-0.3, -0.25) is 9.98 Å². The second-order valence-corrected chi connectivity index (χ2v) is 5.39. The summed E-state index contributed by atoms with van der Waals surface area (Å²) in [6.45, 7) is 8.75. The zero-order valence-electron chi connectivity index (χ0n) is 11.4. The smallest absolute Gasteiger partial charge is 0.0964 e. The number of rotatable bonds is 0. The van der Waals surface area contributed by atoms with Crippen molar-refractivity contribution in [2.24, 2.45) is 10.9 Å². The van der Waals surface area contributed by atoms with Crippen molar-refractivity contribution in [3.8, 4) is 0 Å². The van der Waals surface area contributed by atoms with Crippen LogP contribution in [0.2, 0.25) is 0 Å². The van der Waals surface area contributed by atoms with Gasteiger partial charge in [0.05, 0.1) is 11.2 Å². The Labute approximate surface area is 108 Å². The predicted octanol–water partition coefficient (Wildman–Crippen LogP) is 4.31. The van der Waals surface area contributed by atoms with Gasteiger partial charge in [0, 0.05) is 17.8 Å². The SMILES string of the molecule is Cc1cnc2c3c(ccc2c1C)C(C)C(C)C=N3. The highest BCUT2D eigenvalue weighted by atomic mass is 14.8. The molecular weight excluding hydrogens is 220 g/mol. The second-order valence-electron chi connectivity index (χ2n) is 5.39. The normalized spacial score (nSPS) is 22.2. The van der Waals surface area contributed by atoms with Crippen LogP contribution in [0.3, 0.4) is 0 Å². The fourth-order valence-corrected chi connectivity index (χ4v) is 2.61. The Morgan fingerprint density at radius 2 is 1.89 bits per heavy atom. The van der Waals surface area contributed by atoms with Crippen LogP contribution >= 0.6 is 0 Å². The molecule has 3 rings (SSSR count). The van der Waals surface area contributed by atoms with Gasteiger partial charge in [0.2, 0.25) is 0 Å². The van der Waals surface area contributed by atoms with E-state index in [1.165, 1.54) is 22.1 Å². The number of benzene rings is 1. The molecule has 2 atom stereocenters. The highest BCUT2D eigenvalue weighted by molar-refractivity contribution is 5.95. The Bertz CT molecular complexity index is 656. The zero-order chi connectivity index (χ0) is 12.9. The van der Waals surface area contributed by atoms with Gasteiger partial charge in [0.25, 0.3) is 0 Å². The van der Waals surface area contributed by atoms with E-state index in [1.807, 2.05) is 6.20 Å². The lowest BCUT2D eigenvalue weighted by Crippen LogP contribution is -2.12. The Kier molecular flexibility index (Phi) is 2.47. The first-order valence-corrected chi connectivity index (χ1v) is 6.52. The molecule has 0 radical (unpaired) electrons. The van der Waals surface area contributed by atoms with Crippen molar-refractivity contribution < 1.29 is 0 Å². The van der Waals surface area contributed by atoms with Gasteiger partial charge in [-0.05, 0) is 42.4 Å². The number of fused-ring (bicyclic) bond motifs is 3. The molecule has 0 saturated heterocycles. The third-order valence-corrected chi connectivity index (χ3v) is 4.28. The van der Waals surface area contributed by atoms with Crippen LogP contribution in [0.25, 0.3) is 10.9 Å². The molecule has 0 saturated carbocycles. The lowest BCUT2D eigenvalue weighted by Gasteiger charge is -2.24. The molecular formula is C16H18N2. The van der Waals surface area contributed by atoms with Gasteiger partial charge in [-0.1, -0.05) is 26.0 Å². The number of hydrogen-bond acceptors (Lipinski definition) is 2. The standard InChI is InChI=1S/C16H18N2/c1-9-7-17-15-13(11(9)3)5-6-14-12(4)10(2)8-18-16(14)15/h5-9,11H,1-4H3. The third-order valence-electron chi connectivity index (χ3n) is 4.28. The Morgan fingerprint density at radius 3 is 2.67 bits per heavy atom. The summed E-state index contributed by atoms with van der Waals surface area (Å²) in [4.78, 5) is 9.24. The minimum absolute atomic E-state index is 0.501. The molecule has 18 heavy (non-hydrogen) atoms. The molecule has 2 heterocycles. The molecule has 2 heteroatoms. The van der Waals surface area contributed by atoms with Gasteiger partial charge in [-0.15, -0.1) is 0 Å². The molecule has 0 bridgehead atoms. The second kappa shape index (κ2) is 3.91. The Balaban J connectivity index is 2.37. The quantitative estimate of drug-likeness (QED) is 0.671. The summed E-state index contributed by atoms with van der Waals surface area (Å²) in [6, 6.07) is 4.43. The van der Waals surface area contributed by atoms with Crippen molar-refractivity contribution in [1.29, 1.82) is 0 Å². The third kappa shape index (κ3) is 1.48. The van der Waals surface area contributed by atoms with Crippen LogP contribution in [0, 0.1) is 19.8 Å². The van der Waals surface area contributed by atoms with Crippen molar-refractivity contribution in [2.45, 2.75) is 33.6 Å². The maximum absolute atomic E-state index is 4.64. The summed E-state index contributed by atoms with van der Waals surface area (Å²) in [6.07, 6.45) is 4.01. The highest BCUT2D eigenvalue weighted by Gasteiger charge is 2.22. The molecule has 0 N–H and O–H groups in total. The Morgan fingerprint density at radius 1 is 1.11 bits per heavy atom. The van der Waals surface area contributed by atoms with Crippen molar-refractivity contribution in [3.05, 3.63) is 35.0 Å². The van der Waals surface area contributed by atoms with Gasteiger partial charge >= 0.3 is 0 Å². The van der Waals surface area contributed by atoms with Crippen molar-refractivity contribution in [1.82, 2.24) is 4.98 Å². The van der Waals surface area contributed by atoms with Gasteiger partial charge in [0.1, 0.15) is 0 Å². The summed E-state index contributed by atoms with van der Waals surface area (Å²) in [5.74, 6) is 1.02. The fraction of sp³-hybridized carbons (Fsp3) is 0.375. The number of hydrogen-bond donors (Lipinski definition) is 0. The van der Waals surface area contributed by atoms with Gasteiger partial charge in [-0.25, -0.2) is 0 Å². The number of pyridine rings is 1. The van der Waals surface area contributed by atoms with Gasteiger partial charge in [-0.2, -0.15) is 0 Å². The summed E-state index contributed by atoms with van der Waals surface area (Å²) in [7, 11) is 0. The average molecular weight is 238 g/mol. The molecule has 1 aliphatic heterocycles. The van der Waals surface area contributed by atoms with E-state index in [4.69, 9.17) is 0 Å². The van der Waals surface area contributed by atoms with Crippen molar-refractivity contribution >= 4 is 22.8 Å². The van der Waals surface area contributed by atoms with E-state index in [0.717, 1.165) is 11.2 Å². The van der Waals surface area contributed by atoms with Crippen LogP contribution in [0.1, 0.15) is 36.5 Å². The summed E-state index contributed by atoms with van der Waals surface area (Å²) in [5.41, 5.74) is 5.99. The van der Waals surface area contributed by atoms with Crippen LogP contribution in [0.4, 0.5) is 5.69 Å². The van der Waals surface area contributed by atoms with Crippen LogP contribution in [0.15, 0.2) is 23.3 Å². The molecule has 1 aromatic heterocycles. The molecule has 0 aliphatic carbocycles. The minimum Gasteiger partial charge on any atom is -0.258 e. The van der Waals surface area contributed by atoms with Crippen LogP contribution in [-0.2, 0) is 0 Å². The molecule has 1 aliphatic rings. The molecule has 0 spiro atoms. The summed E-state index contributed by atoms with van der Waals surface area (Å²) >= 11 is 0. The van der Waals surface area contributed by atoms with Gasteiger partial charge < -0.3 is 0 Å². The molecule has 0 amide bonds. The maximum Gasteiger partial charge on any atom is 0.0964 e. The monoisotopic (exact) mass is 238 g/mol. The molecule has 1 aromatic carbocycles. The minimum atomic E-state index is 0.501. The van der Waals surface area contributed by atoms with Gasteiger partial charge in [0.15, 0.2) is 0 Å². The topological polar surface area (TPSA) is 25.2 Å². The van der Waals surface area contributed by atoms with E-state index in [2.05, 4.69) is 56.0 Å². The molecule has 2 aromatic rings. The Hall–Kier alpha value is -1.70. The van der Waals surface area contributed by atoms with E-state index >= 15 is 0 Å². The predicted molar refractivity (Wildman–Crippen MR) is 76.9 cm³/mol. The lowest BCUT2D eigenvalue weighted by atomic mass is 9.85. The van der Waals surface area contributed by atoms with Crippen LogP contribution in [0.5, 0.6) is 0 Å². The van der Waals surface area contributed by atoms with Crippen LogP contribution < -0.4 is 0 Å². The molecule has 0 fully saturated rings. The molecule has 92 valence electrons. The summed E-state index contributed by atoms with van der Waals surface area (Å²) in [5, 5.41) is 1.23. The molecule has 2 unspecified atom stereocenters. The number of nitrogens with zero attached hydrogens (tertiary/aromatic N) is 2. The largest absolute Gasteiger partial charge is 0.258 e. The van der Waals surface area contributed by atoms with Crippen molar-refractivity contribution in [2.75, 3.05) is 0 Å². The van der Waals surface area contributed by atoms with E-state index in [-0.39, 0.29) is 0 Å². The zero-order valence-corrected chi connectivity index (χ0v) is 11.4. The first-order valence-electron chi connectivity index (χ1n) is 6.52. The first-order chi connectivity index (χ1) is 8.59. The van der Waals surface area contributed by atoms with E-state index in [1.54, 1.807) is 0 Å². The summed E-state index contributed by atoms with van der Waals surface area (Å²) < 4.78 is 0. The van der Waals surface area contributed by atoms with E-state index in [0.29, 0.717) is 11.8 Å². The first kappa shape index (κ1) is 11.4. The van der Waals surface area contributed by atoms with Crippen molar-refractivity contribution in [3.63, 3.8) is 0 Å². The molecule has 2 nitrogen and oxygen atoms in total. The average Bonchev–Trinajstić information content (AvgIpc) is 2.38. The van der Waals surface area contributed by atoms with E-state index in [9.17, 15) is 0 Å². The lowest BCUT2D eigenvalue weighted by molar-refractivity contribution is 0.627. The maximum atomic E-state index is 4.64. The van der Waals surface area contributed by atoms with E-state index < -0.39 is 0 Å².